The van der Waals surface area contributed by atoms with Crippen molar-refractivity contribution in [3.63, 3.8) is 0 Å². The molecular formula is C66H44. The highest BCUT2D eigenvalue weighted by atomic mass is 14.2. The molecule has 0 aliphatic heterocycles. The average Bonchev–Trinajstić information content (AvgIpc) is 3.40. The van der Waals surface area contributed by atoms with E-state index in [4.69, 9.17) is 0 Å². The Morgan fingerprint density at radius 2 is 0.515 bits per heavy atom. The van der Waals surface area contributed by atoms with Gasteiger partial charge in [0.25, 0.3) is 0 Å². The molecule has 0 aromatic heterocycles. The normalized spacial score (nSPS) is 11.3. The molecule has 13 rings (SSSR count). The van der Waals surface area contributed by atoms with Gasteiger partial charge in [-0.15, -0.1) is 0 Å². The van der Waals surface area contributed by atoms with E-state index >= 15 is 0 Å². The van der Waals surface area contributed by atoms with Crippen molar-refractivity contribution in [2.75, 3.05) is 0 Å². The monoisotopic (exact) mass is 836 g/mol. The molecule has 308 valence electrons. The van der Waals surface area contributed by atoms with Crippen molar-refractivity contribution in [1.82, 2.24) is 0 Å². The second-order valence-corrected chi connectivity index (χ2v) is 17.2. The smallest absolute Gasteiger partial charge is 0.00199 e. The lowest BCUT2D eigenvalue weighted by atomic mass is 9.82. The van der Waals surface area contributed by atoms with Crippen LogP contribution in [0.15, 0.2) is 267 Å². The van der Waals surface area contributed by atoms with Crippen LogP contribution in [0.25, 0.3) is 120 Å². The molecule has 0 heterocycles. The molecule has 0 aliphatic carbocycles. The highest BCUT2D eigenvalue weighted by molar-refractivity contribution is 6.24. The molecule has 0 fully saturated rings. The topological polar surface area (TPSA) is 0 Å². The Kier molecular flexibility index (Phi) is 9.97. The number of fused-ring (bicyclic) bond motifs is 6. The van der Waals surface area contributed by atoms with E-state index < -0.39 is 0 Å². The van der Waals surface area contributed by atoms with Crippen LogP contribution in [0.1, 0.15) is 0 Å². The Morgan fingerprint density at radius 3 is 1.08 bits per heavy atom. The third-order valence-corrected chi connectivity index (χ3v) is 13.3. The predicted octanol–water partition coefficient (Wildman–Crippen LogP) is 18.6. The molecular weight excluding hydrogens is 793 g/mol. The van der Waals surface area contributed by atoms with E-state index in [1.54, 1.807) is 0 Å². The number of hydrogen-bond donors (Lipinski definition) is 0. The molecule has 13 aromatic carbocycles. The van der Waals surface area contributed by atoms with Gasteiger partial charge in [0.2, 0.25) is 0 Å². The van der Waals surface area contributed by atoms with Gasteiger partial charge in [0.05, 0.1) is 0 Å². The maximum atomic E-state index is 2.44. The highest BCUT2D eigenvalue weighted by Crippen LogP contribution is 2.48. The lowest BCUT2D eigenvalue weighted by Crippen LogP contribution is -1.93. The molecule has 0 unspecified atom stereocenters. The summed E-state index contributed by atoms with van der Waals surface area (Å²) in [6.07, 6.45) is 0. The first-order chi connectivity index (χ1) is 32.7. The zero-order chi connectivity index (χ0) is 43.8. The first-order valence-electron chi connectivity index (χ1n) is 22.8. The van der Waals surface area contributed by atoms with E-state index in [1.165, 1.54) is 120 Å². The maximum absolute atomic E-state index is 2.44. The van der Waals surface area contributed by atoms with Gasteiger partial charge >= 0.3 is 0 Å². The van der Waals surface area contributed by atoms with E-state index in [0.29, 0.717) is 0 Å². The molecule has 0 bridgehead atoms. The van der Waals surface area contributed by atoms with Gasteiger partial charge < -0.3 is 0 Å². The number of hydrogen-bond acceptors (Lipinski definition) is 0. The largest absolute Gasteiger partial charge is 0.0622 e. The molecule has 0 saturated heterocycles. The Bertz CT molecular complexity index is 3840. The van der Waals surface area contributed by atoms with Gasteiger partial charge in [0, 0.05) is 0 Å². The van der Waals surface area contributed by atoms with Crippen LogP contribution >= 0.6 is 0 Å². The summed E-state index contributed by atoms with van der Waals surface area (Å²) in [7, 11) is 0. The summed E-state index contributed by atoms with van der Waals surface area (Å²) in [5.74, 6) is 0. The summed E-state index contributed by atoms with van der Waals surface area (Å²) in [4.78, 5) is 0. The third-order valence-electron chi connectivity index (χ3n) is 13.3. The van der Waals surface area contributed by atoms with Crippen molar-refractivity contribution in [1.29, 1.82) is 0 Å². The molecule has 0 spiro atoms. The quantitative estimate of drug-likeness (QED) is 0.152. The summed E-state index contributed by atoms with van der Waals surface area (Å²) in [5, 5.41) is 15.1. The minimum absolute atomic E-state index is 1.21. The predicted molar refractivity (Wildman–Crippen MR) is 285 cm³/mol. The minimum atomic E-state index is 1.21. The van der Waals surface area contributed by atoms with Gasteiger partial charge in [-0.2, -0.15) is 0 Å². The van der Waals surface area contributed by atoms with Crippen molar-refractivity contribution in [3.05, 3.63) is 267 Å². The summed E-state index contributed by atoms with van der Waals surface area (Å²) < 4.78 is 0. The second kappa shape index (κ2) is 16.8. The van der Waals surface area contributed by atoms with E-state index in [2.05, 4.69) is 267 Å². The molecule has 0 radical (unpaired) electrons. The molecule has 0 heteroatoms. The Morgan fingerprint density at radius 1 is 0.152 bits per heavy atom. The lowest BCUT2D eigenvalue weighted by molar-refractivity contribution is 1.61. The maximum Gasteiger partial charge on any atom is -0.00199 e. The van der Waals surface area contributed by atoms with Crippen LogP contribution in [0.5, 0.6) is 0 Å². The summed E-state index contributed by atoms with van der Waals surface area (Å²) in [6, 6.07) is 97.3. The zero-order valence-electron chi connectivity index (χ0n) is 36.4. The van der Waals surface area contributed by atoms with Crippen LogP contribution in [-0.4, -0.2) is 0 Å². The second-order valence-electron chi connectivity index (χ2n) is 17.2. The van der Waals surface area contributed by atoms with Gasteiger partial charge in [-0.05, 0) is 145 Å². The van der Waals surface area contributed by atoms with Crippen LogP contribution in [0.2, 0.25) is 0 Å². The van der Waals surface area contributed by atoms with Crippen molar-refractivity contribution in [2.24, 2.45) is 0 Å². The molecule has 13 aromatic rings. The highest BCUT2D eigenvalue weighted by Gasteiger charge is 2.20. The van der Waals surface area contributed by atoms with E-state index in [-0.39, 0.29) is 0 Å². The SMILES string of the molecule is c1ccc(-c2ccc(-c3c4cc(-c5ccc6ccccc6c5)ccc4c(-c4cccc5ccccc45)c4cc(-c5ccc6ccccc6c5)ccc34)cc2)cc1.c1ccc2ccccc2c1. The average molecular weight is 837 g/mol. The first-order valence-corrected chi connectivity index (χ1v) is 22.8. The standard InChI is InChI=1S/C56H36.C10H8/c1-2-11-37(12-3-1)40-21-25-42(26-22-40)55-51-31-29-48(46-28-24-39-14-5-7-17-44(39)34-46)36-54(51)56(50-20-10-18-41-15-8-9-19-49(41)50)52-32-30-47(35-53(52)55)45-27-23-38-13-4-6-16-43(38)33-45;1-2-6-10-8-4-3-7-9(10)5-1/h1-36H;1-8H. The molecule has 0 amide bonds. The zero-order valence-corrected chi connectivity index (χ0v) is 36.4. The van der Waals surface area contributed by atoms with E-state index in [9.17, 15) is 0 Å². The molecule has 0 saturated carbocycles. The van der Waals surface area contributed by atoms with Crippen LogP contribution in [0.3, 0.4) is 0 Å². The van der Waals surface area contributed by atoms with E-state index in [1.807, 2.05) is 0 Å². The van der Waals surface area contributed by atoms with Crippen molar-refractivity contribution < 1.29 is 0 Å². The van der Waals surface area contributed by atoms with Gasteiger partial charge in [-0.25, -0.2) is 0 Å². The minimum Gasteiger partial charge on any atom is -0.0622 e. The van der Waals surface area contributed by atoms with Crippen molar-refractivity contribution in [2.45, 2.75) is 0 Å². The van der Waals surface area contributed by atoms with Gasteiger partial charge in [0.1, 0.15) is 0 Å². The van der Waals surface area contributed by atoms with Crippen LogP contribution in [0, 0.1) is 0 Å². The Labute approximate surface area is 385 Å². The fraction of sp³-hybridized carbons (Fsp3) is 0. The van der Waals surface area contributed by atoms with Gasteiger partial charge in [0.15, 0.2) is 0 Å². The van der Waals surface area contributed by atoms with E-state index in [0.717, 1.165) is 0 Å². The molecule has 0 N–H and O–H groups in total. The van der Waals surface area contributed by atoms with Crippen LogP contribution < -0.4 is 0 Å². The van der Waals surface area contributed by atoms with Gasteiger partial charge in [-0.1, -0.05) is 243 Å². The number of rotatable bonds is 5. The summed E-state index contributed by atoms with van der Waals surface area (Å²) >= 11 is 0. The van der Waals surface area contributed by atoms with Gasteiger partial charge in [-0.3, -0.25) is 0 Å². The van der Waals surface area contributed by atoms with Crippen molar-refractivity contribution in [3.8, 4) is 55.6 Å². The fourth-order valence-electron chi connectivity index (χ4n) is 9.96. The molecule has 66 heavy (non-hydrogen) atoms. The number of benzene rings is 13. The molecule has 0 atom stereocenters. The van der Waals surface area contributed by atoms with Crippen molar-refractivity contribution >= 4 is 64.6 Å². The molecule has 0 nitrogen and oxygen atoms in total. The van der Waals surface area contributed by atoms with Crippen LogP contribution in [0.4, 0.5) is 0 Å². The Hall–Kier alpha value is -8.58. The Balaban J connectivity index is 0.000000403. The van der Waals surface area contributed by atoms with Crippen LogP contribution in [-0.2, 0) is 0 Å². The molecule has 0 aliphatic rings. The summed E-state index contributed by atoms with van der Waals surface area (Å²) in [5.41, 5.74) is 12.3. The lowest BCUT2D eigenvalue weighted by Gasteiger charge is -2.21. The third kappa shape index (κ3) is 7.25. The fourth-order valence-corrected chi connectivity index (χ4v) is 9.96. The first kappa shape index (κ1) is 39.0. The summed E-state index contributed by atoms with van der Waals surface area (Å²) in [6.45, 7) is 0.